The SMILES string of the molecule is CC(C)(C)OC(=O)NCCCC(CCCNC(=O)OC(C)(C)C)(CCCNC(=O)OC(C)(C)C)NC(=O)Cc1cc(I)c(CC(=O)NC(CCCNC(=O)OC(C)(C)C)(CCCNC(=O)OC(C)(C)C)CCCNC(=O)OC(C)(C)C)cc1I. The molecule has 0 aliphatic heterocycles. The largest absolute Gasteiger partial charge is 0.444 e. The number of halogens is 2. The topological polar surface area (TPSA) is 288 Å². The molecule has 8 amide bonds. The second-order valence-corrected chi connectivity index (χ2v) is 29.6. The van der Waals surface area contributed by atoms with Crippen molar-refractivity contribution in [3.63, 3.8) is 0 Å². The summed E-state index contributed by atoms with van der Waals surface area (Å²) < 4.78 is 34.3. The van der Waals surface area contributed by atoms with Crippen molar-refractivity contribution in [1.29, 1.82) is 0 Å². The van der Waals surface area contributed by atoms with Gasteiger partial charge in [-0.2, -0.15) is 0 Å². The van der Waals surface area contributed by atoms with Gasteiger partial charge < -0.3 is 71.0 Å². The number of amides is 8. The highest BCUT2D eigenvalue weighted by molar-refractivity contribution is 14.1. The fraction of sp³-hybridized carbons (Fsp3) is 0.767. The Balaban J connectivity index is 3.64. The molecule has 0 saturated carbocycles. The number of carbonyl (C=O) groups excluding carboxylic acids is 8. The molecule has 1 aromatic carbocycles. The minimum absolute atomic E-state index is 0.0138. The number of ether oxygens (including phenoxy) is 6. The second kappa shape index (κ2) is 35.1. The van der Waals surface area contributed by atoms with Gasteiger partial charge in [0.1, 0.15) is 33.6 Å². The molecule has 0 fully saturated rings. The zero-order valence-electron chi connectivity index (χ0n) is 53.8. The van der Waals surface area contributed by atoms with Crippen LogP contribution in [0.15, 0.2) is 12.1 Å². The number of hydrogen-bond donors (Lipinski definition) is 8. The van der Waals surface area contributed by atoms with Gasteiger partial charge >= 0.3 is 36.6 Å². The van der Waals surface area contributed by atoms with Crippen LogP contribution in [-0.4, -0.2) is 132 Å². The maximum absolute atomic E-state index is 14.5. The van der Waals surface area contributed by atoms with E-state index in [-0.39, 0.29) is 63.9 Å². The molecule has 1 aromatic rings. The molecule has 1 rings (SSSR count). The van der Waals surface area contributed by atoms with Crippen molar-refractivity contribution in [2.45, 2.75) is 259 Å². The maximum Gasteiger partial charge on any atom is 0.407 e. The third kappa shape index (κ3) is 39.0. The predicted octanol–water partition coefficient (Wildman–Crippen LogP) is 11.5. The molecule has 0 bridgehead atoms. The zero-order valence-corrected chi connectivity index (χ0v) is 58.1. The fourth-order valence-electron chi connectivity index (χ4n) is 8.64. The van der Waals surface area contributed by atoms with Gasteiger partial charge in [0.15, 0.2) is 0 Å². The van der Waals surface area contributed by atoms with Crippen LogP contribution in [0.25, 0.3) is 0 Å². The Morgan fingerprint density at radius 1 is 0.321 bits per heavy atom. The van der Waals surface area contributed by atoms with Crippen LogP contribution < -0.4 is 42.5 Å². The van der Waals surface area contributed by atoms with Crippen LogP contribution >= 0.6 is 45.2 Å². The molecule has 0 aromatic heterocycles. The smallest absolute Gasteiger partial charge is 0.407 e. The first-order chi connectivity index (χ1) is 38.4. The first-order valence-electron chi connectivity index (χ1n) is 29.3. The van der Waals surface area contributed by atoms with E-state index >= 15 is 0 Å². The zero-order chi connectivity index (χ0) is 64.4. The predicted molar refractivity (Wildman–Crippen MR) is 342 cm³/mol. The van der Waals surface area contributed by atoms with Crippen LogP contribution in [0.5, 0.6) is 0 Å². The number of carbonyl (C=O) groups is 8. The number of alkyl carbamates (subject to hydrolysis) is 6. The Kier molecular flexibility index (Phi) is 32.3. The molecule has 0 spiro atoms. The van der Waals surface area contributed by atoms with Gasteiger partial charge in [-0.05, 0) is 270 Å². The lowest BCUT2D eigenvalue weighted by Crippen LogP contribution is -2.50. The van der Waals surface area contributed by atoms with Crippen LogP contribution in [0.1, 0.15) is 213 Å². The van der Waals surface area contributed by atoms with E-state index in [0.29, 0.717) is 77.0 Å². The summed E-state index contributed by atoms with van der Waals surface area (Å²) in [7, 11) is 0. The van der Waals surface area contributed by atoms with Crippen LogP contribution in [0.4, 0.5) is 28.8 Å². The van der Waals surface area contributed by atoms with E-state index in [4.69, 9.17) is 28.4 Å². The molecular weight excluding hydrogens is 1310 g/mol. The average Bonchev–Trinajstić information content (AvgIpc) is 3.10. The standard InChI is InChI=1S/C60H104I2N8O14/c1-53(2,3)79-47(73)63-31-19-25-59(26-20-32-64-48(74)80-54(4,5)6,27-21-33-65-49(75)81-55(7,8)9)69-45(71)39-41-37-44(62)42(38-43(41)61)40-46(72)70-60(28-22-34-66-50(76)82-56(10,11)12,29-23-35-67-51(77)83-57(13,14)15)30-24-36-68-52(78)84-58(16,17)18/h37-38H,19-36,39-40H2,1-18H3,(H,63,73)(H,64,74)(H,65,75)(H,66,76)(H,67,77)(H,68,78)(H,69,71)(H,70,72). The number of hydrogen-bond acceptors (Lipinski definition) is 14. The first-order valence-corrected chi connectivity index (χ1v) is 31.4. The molecule has 84 heavy (non-hydrogen) atoms. The van der Waals surface area contributed by atoms with Crippen molar-refractivity contribution >= 4 is 93.6 Å². The third-order valence-electron chi connectivity index (χ3n) is 11.7. The summed E-state index contributed by atoms with van der Waals surface area (Å²) in [5.74, 6) is -0.550. The Labute approximate surface area is 528 Å². The van der Waals surface area contributed by atoms with Crippen molar-refractivity contribution < 1.29 is 66.8 Å². The molecule has 8 N–H and O–H groups in total. The van der Waals surface area contributed by atoms with E-state index < -0.39 is 81.2 Å². The molecule has 0 aliphatic rings. The highest BCUT2D eigenvalue weighted by Gasteiger charge is 2.34. The summed E-state index contributed by atoms with van der Waals surface area (Å²) in [5, 5.41) is 23.6. The summed E-state index contributed by atoms with van der Waals surface area (Å²) in [6.45, 7) is 33.5. The lowest BCUT2D eigenvalue weighted by molar-refractivity contribution is -0.123. The Morgan fingerprint density at radius 2 is 0.488 bits per heavy atom. The minimum Gasteiger partial charge on any atom is -0.444 e. The van der Waals surface area contributed by atoms with Crippen LogP contribution in [0.2, 0.25) is 0 Å². The van der Waals surface area contributed by atoms with Gasteiger partial charge in [0.05, 0.1) is 12.8 Å². The minimum atomic E-state index is -0.857. The first kappa shape index (κ1) is 77.3. The Morgan fingerprint density at radius 3 is 0.643 bits per heavy atom. The summed E-state index contributed by atoms with van der Waals surface area (Å²) >= 11 is 4.36. The highest BCUT2D eigenvalue weighted by Crippen LogP contribution is 2.30. The number of nitrogens with one attached hydrogen (secondary N) is 8. The number of rotatable bonds is 30. The van der Waals surface area contributed by atoms with E-state index in [9.17, 15) is 38.4 Å². The van der Waals surface area contributed by atoms with Crippen molar-refractivity contribution in [3.05, 3.63) is 30.4 Å². The summed E-state index contributed by atoms with van der Waals surface area (Å²) in [6, 6.07) is 3.79. The van der Waals surface area contributed by atoms with E-state index in [1.807, 2.05) is 12.1 Å². The van der Waals surface area contributed by atoms with Crippen LogP contribution in [0.3, 0.4) is 0 Å². The van der Waals surface area contributed by atoms with Crippen LogP contribution in [-0.2, 0) is 50.9 Å². The molecule has 0 unspecified atom stereocenters. The fourth-order valence-corrected chi connectivity index (χ4v) is 10.1. The van der Waals surface area contributed by atoms with Crippen LogP contribution in [0, 0.1) is 7.14 Å². The van der Waals surface area contributed by atoms with E-state index in [1.54, 1.807) is 125 Å². The van der Waals surface area contributed by atoms with Crippen molar-refractivity contribution in [2.24, 2.45) is 0 Å². The van der Waals surface area contributed by atoms with Gasteiger partial charge in [-0.15, -0.1) is 0 Å². The monoisotopic (exact) mass is 1410 g/mol. The summed E-state index contributed by atoms with van der Waals surface area (Å²) in [4.78, 5) is 105. The average molecular weight is 1420 g/mol. The van der Waals surface area contributed by atoms with Crippen molar-refractivity contribution in [3.8, 4) is 0 Å². The normalized spacial score (nSPS) is 12.4. The van der Waals surface area contributed by atoms with Gasteiger partial charge in [0.2, 0.25) is 11.8 Å². The maximum atomic E-state index is 14.5. The second-order valence-electron chi connectivity index (χ2n) is 27.2. The van der Waals surface area contributed by atoms with E-state index in [0.717, 1.165) is 18.3 Å². The van der Waals surface area contributed by atoms with Gasteiger partial charge in [0, 0.05) is 57.5 Å². The quantitative estimate of drug-likeness (QED) is 0.0202. The van der Waals surface area contributed by atoms with E-state index in [2.05, 4.69) is 87.7 Å². The molecule has 0 heterocycles. The summed E-state index contributed by atoms with van der Waals surface area (Å²) in [6.07, 6.45) is 1.91. The lowest BCUT2D eigenvalue weighted by atomic mass is 9.83. The molecular formula is C60H104I2N8O14. The van der Waals surface area contributed by atoms with Gasteiger partial charge in [-0.1, -0.05) is 0 Å². The van der Waals surface area contributed by atoms with Crippen molar-refractivity contribution in [1.82, 2.24) is 42.5 Å². The summed E-state index contributed by atoms with van der Waals surface area (Å²) in [5.41, 5.74) is -4.46. The molecule has 482 valence electrons. The Hall–Kier alpha value is -4.76. The molecule has 0 saturated heterocycles. The molecule has 0 aliphatic carbocycles. The third-order valence-corrected chi connectivity index (χ3v) is 13.7. The molecule has 24 heteroatoms. The van der Waals surface area contributed by atoms with Gasteiger partial charge in [0.25, 0.3) is 0 Å². The Bertz CT molecular complexity index is 1960. The molecule has 22 nitrogen and oxygen atoms in total. The lowest BCUT2D eigenvalue weighted by Gasteiger charge is -2.36. The molecule has 0 atom stereocenters. The van der Waals surface area contributed by atoms with Gasteiger partial charge in [-0.3, -0.25) is 9.59 Å². The number of benzene rings is 1. The van der Waals surface area contributed by atoms with E-state index in [1.165, 1.54) is 0 Å². The van der Waals surface area contributed by atoms with Gasteiger partial charge in [-0.25, -0.2) is 28.8 Å². The molecule has 0 radical (unpaired) electrons. The highest BCUT2D eigenvalue weighted by atomic mass is 127. The van der Waals surface area contributed by atoms with Crippen molar-refractivity contribution in [2.75, 3.05) is 39.3 Å².